The number of fused-ring (bicyclic) bond motifs is 1. The summed E-state index contributed by atoms with van der Waals surface area (Å²) in [6.45, 7) is 5.53. The summed E-state index contributed by atoms with van der Waals surface area (Å²) in [5.74, 6) is 0.790. The van der Waals surface area contributed by atoms with Gasteiger partial charge in [-0.05, 0) is 34.1 Å². The number of aliphatic hydroxyl groups excluding tert-OH is 1. The van der Waals surface area contributed by atoms with Gasteiger partial charge in [-0.15, -0.1) is 0 Å². The summed E-state index contributed by atoms with van der Waals surface area (Å²) in [5.41, 5.74) is 2.78. The molecule has 1 fully saturated rings. The van der Waals surface area contributed by atoms with Crippen molar-refractivity contribution < 1.29 is 14.5 Å². The highest BCUT2D eigenvalue weighted by molar-refractivity contribution is 5.76. The molecule has 4 rings (SSSR count). The van der Waals surface area contributed by atoms with Gasteiger partial charge in [0.2, 0.25) is 0 Å². The van der Waals surface area contributed by atoms with Crippen molar-refractivity contribution in [3.05, 3.63) is 54.1 Å². The summed E-state index contributed by atoms with van der Waals surface area (Å²) in [7, 11) is 0. The molecule has 2 aromatic carbocycles. The van der Waals surface area contributed by atoms with Gasteiger partial charge in [0.05, 0.1) is 0 Å². The van der Waals surface area contributed by atoms with Crippen LogP contribution in [0, 0.1) is 0 Å². The highest BCUT2D eigenvalue weighted by Crippen LogP contribution is 2.17. The first kappa shape index (κ1) is 17.9. The van der Waals surface area contributed by atoms with Gasteiger partial charge in [0.1, 0.15) is 29.5 Å². The number of hydrogen-bond donors (Lipinski definition) is 1. The maximum absolute atomic E-state index is 10.3. The standard InChI is InChI=1S/C20H24N4O3/c25-17(15-26-18-6-2-1-3-7-18)14-24-11-9-23(10-12-24)13-16-5-4-8-19-20(16)22-27-21-19/h1-8,17,25H,9-15H2. The second-order valence-electron chi connectivity index (χ2n) is 6.90. The van der Waals surface area contributed by atoms with E-state index in [1.807, 2.05) is 42.5 Å². The molecule has 7 heteroatoms. The fraction of sp³-hybridized carbons (Fsp3) is 0.400. The van der Waals surface area contributed by atoms with Crippen LogP contribution in [0.25, 0.3) is 11.0 Å². The van der Waals surface area contributed by atoms with Gasteiger partial charge < -0.3 is 9.84 Å². The molecule has 7 nitrogen and oxygen atoms in total. The van der Waals surface area contributed by atoms with Crippen molar-refractivity contribution in [1.29, 1.82) is 0 Å². The first-order chi connectivity index (χ1) is 13.3. The largest absolute Gasteiger partial charge is 0.491 e. The Balaban J connectivity index is 1.22. The number of para-hydroxylation sites is 1. The zero-order valence-electron chi connectivity index (χ0n) is 15.2. The predicted octanol–water partition coefficient (Wildman–Crippen LogP) is 1.78. The fourth-order valence-electron chi connectivity index (χ4n) is 3.42. The number of rotatable bonds is 7. The average molecular weight is 368 g/mol. The molecule has 2 heterocycles. The Morgan fingerprint density at radius 3 is 2.56 bits per heavy atom. The smallest absolute Gasteiger partial charge is 0.139 e. The van der Waals surface area contributed by atoms with Crippen LogP contribution in [0.4, 0.5) is 0 Å². The zero-order valence-corrected chi connectivity index (χ0v) is 15.2. The van der Waals surface area contributed by atoms with E-state index in [1.54, 1.807) is 0 Å². The molecule has 27 heavy (non-hydrogen) atoms. The van der Waals surface area contributed by atoms with Crippen LogP contribution in [-0.2, 0) is 6.54 Å². The fourth-order valence-corrected chi connectivity index (χ4v) is 3.42. The third-order valence-corrected chi connectivity index (χ3v) is 4.88. The second-order valence-corrected chi connectivity index (χ2v) is 6.90. The lowest BCUT2D eigenvalue weighted by Gasteiger charge is -2.35. The van der Waals surface area contributed by atoms with E-state index in [0.29, 0.717) is 13.2 Å². The number of ether oxygens (including phenoxy) is 1. The Morgan fingerprint density at radius 2 is 1.74 bits per heavy atom. The first-order valence-corrected chi connectivity index (χ1v) is 9.29. The van der Waals surface area contributed by atoms with Crippen molar-refractivity contribution in [2.24, 2.45) is 0 Å². The zero-order chi connectivity index (χ0) is 18.5. The van der Waals surface area contributed by atoms with E-state index in [4.69, 9.17) is 9.37 Å². The lowest BCUT2D eigenvalue weighted by Crippen LogP contribution is -2.48. The highest BCUT2D eigenvalue weighted by Gasteiger charge is 2.20. The maximum Gasteiger partial charge on any atom is 0.139 e. The van der Waals surface area contributed by atoms with Gasteiger partial charge in [-0.2, -0.15) is 0 Å². The number of nitrogens with zero attached hydrogens (tertiary/aromatic N) is 4. The number of hydrogen-bond acceptors (Lipinski definition) is 7. The van der Waals surface area contributed by atoms with Crippen LogP contribution in [0.2, 0.25) is 0 Å². The van der Waals surface area contributed by atoms with E-state index >= 15 is 0 Å². The molecule has 1 unspecified atom stereocenters. The molecule has 1 N–H and O–H groups in total. The molecular weight excluding hydrogens is 344 g/mol. The number of piperazine rings is 1. The molecule has 0 saturated carbocycles. The van der Waals surface area contributed by atoms with Gasteiger partial charge >= 0.3 is 0 Å². The van der Waals surface area contributed by atoms with E-state index in [1.165, 1.54) is 0 Å². The summed E-state index contributed by atoms with van der Waals surface area (Å²) >= 11 is 0. The average Bonchev–Trinajstić information content (AvgIpc) is 3.19. The van der Waals surface area contributed by atoms with Crippen molar-refractivity contribution in [2.45, 2.75) is 12.6 Å². The third kappa shape index (κ3) is 4.63. The third-order valence-electron chi connectivity index (χ3n) is 4.88. The van der Waals surface area contributed by atoms with Crippen molar-refractivity contribution in [1.82, 2.24) is 20.1 Å². The van der Waals surface area contributed by atoms with Crippen LogP contribution in [0.15, 0.2) is 53.2 Å². The molecule has 0 aliphatic carbocycles. The first-order valence-electron chi connectivity index (χ1n) is 9.29. The Hall–Kier alpha value is -2.48. The summed E-state index contributed by atoms with van der Waals surface area (Å²) in [6.07, 6.45) is -0.494. The Morgan fingerprint density at radius 1 is 0.963 bits per heavy atom. The SMILES string of the molecule is OC(COc1ccccc1)CN1CCN(Cc2cccc3nonc23)CC1. The topological polar surface area (TPSA) is 74.9 Å². The maximum atomic E-state index is 10.3. The highest BCUT2D eigenvalue weighted by atomic mass is 16.6. The lowest BCUT2D eigenvalue weighted by atomic mass is 10.1. The van der Waals surface area contributed by atoms with Crippen LogP contribution in [0.5, 0.6) is 5.75 Å². The number of aliphatic hydroxyl groups is 1. The molecule has 1 aliphatic heterocycles. The van der Waals surface area contributed by atoms with E-state index in [9.17, 15) is 5.11 Å². The van der Waals surface area contributed by atoms with Gasteiger partial charge in [0.15, 0.2) is 0 Å². The molecule has 1 aromatic heterocycles. The Kier molecular flexibility index (Phi) is 5.62. The summed E-state index contributed by atoms with van der Waals surface area (Å²) in [6, 6.07) is 15.6. The van der Waals surface area contributed by atoms with Crippen molar-refractivity contribution >= 4 is 11.0 Å². The van der Waals surface area contributed by atoms with Gasteiger partial charge in [-0.25, -0.2) is 4.63 Å². The minimum atomic E-state index is -0.494. The van der Waals surface area contributed by atoms with Gasteiger partial charge in [0, 0.05) is 39.3 Å². The number of β-amino-alcohol motifs (C(OH)–C–C–N with tert-alkyl or cyclic N) is 1. The van der Waals surface area contributed by atoms with Crippen LogP contribution < -0.4 is 4.74 Å². The van der Waals surface area contributed by atoms with E-state index in [2.05, 4.69) is 26.2 Å². The lowest BCUT2D eigenvalue weighted by molar-refractivity contribution is 0.0447. The minimum Gasteiger partial charge on any atom is -0.491 e. The van der Waals surface area contributed by atoms with E-state index in [0.717, 1.165) is 55.1 Å². The predicted molar refractivity (Wildman–Crippen MR) is 101 cm³/mol. The molecule has 0 spiro atoms. The quantitative estimate of drug-likeness (QED) is 0.681. The minimum absolute atomic E-state index is 0.311. The molecule has 1 aliphatic rings. The molecular formula is C20H24N4O3. The summed E-state index contributed by atoms with van der Waals surface area (Å²) in [5, 5.41) is 18.2. The molecule has 1 atom stereocenters. The van der Waals surface area contributed by atoms with Gasteiger partial charge in [-0.3, -0.25) is 9.80 Å². The number of aromatic nitrogens is 2. The monoisotopic (exact) mass is 368 g/mol. The van der Waals surface area contributed by atoms with Gasteiger partial charge in [-0.1, -0.05) is 30.3 Å². The molecule has 0 amide bonds. The summed E-state index contributed by atoms with van der Waals surface area (Å²) in [4.78, 5) is 4.68. The molecule has 3 aromatic rings. The van der Waals surface area contributed by atoms with Gasteiger partial charge in [0.25, 0.3) is 0 Å². The second kappa shape index (κ2) is 8.47. The van der Waals surface area contributed by atoms with Crippen molar-refractivity contribution in [2.75, 3.05) is 39.3 Å². The van der Waals surface area contributed by atoms with Crippen molar-refractivity contribution in [3.63, 3.8) is 0 Å². The van der Waals surface area contributed by atoms with E-state index < -0.39 is 6.10 Å². The normalized spacial score (nSPS) is 17.2. The Bertz CT molecular complexity index is 847. The van der Waals surface area contributed by atoms with E-state index in [-0.39, 0.29) is 0 Å². The molecule has 0 bridgehead atoms. The number of benzene rings is 2. The van der Waals surface area contributed by atoms with Crippen molar-refractivity contribution in [3.8, 4) is 5.75 Å². The van der Waals surface area contributed by atoms with Crippen LogP contribution in [0.1, 0.15) is 5.56 Å². The van der Waals surface area contributed by atoms with Crippen LogP contribution >= 0.6 is 0 Å². The molecule has 0 radical (unpaired) electrons. The van der Waals surface area contributed by atoms with Crippen LogP contribution in [0.3, 0.4) is 0 Å². The van der Waals surface area contributed by atoms with Crippen LogP contribution in [-0.4, -0.2) is 70.7 Å². The molecule has 1 saturated heterocycles. The molecule has 142 valence electrons. The Labute approximate surface area is 158 Å². The summed E-state index contributed by atoms with van der Waals surface area (Å²) < 4.78 is 10.5.